The Bertz CT molecular complexity index is 579. The van der Waals surface area contributed by atoms with Crippen molar-refractivity contribution in [1.29, 1.82) is 0 Å². The fourth-order valence-electron chi connectivity index (χ4n) is 2.03. The van der Waals surface area contributed by atoms with E-state index in [4.69, 9.17) is 5.11 Å². The molecule has 0 aromatic carbocycles. The highest BCUT2D eigenvalue weighted by Gasteiger charge is 2.30. The minimum Gasteiger partial charge on any atom is -0.481 e. The Kier molecular flexibility index (Phi) is 5.19. The lowest BCUT2D eigenvalue weighted by atomic mass is 10.3. The Balaban J connectivity index is 1.97. The molecule has 1 aromatic heterocycles. The van der Waals surface area contributed by atoms with Crippen LogP contribution in [0.15, 0.2) is 20.1 Å². The summed E-state index contributed by atoms with van der Waals surface area (Å²) in [6.07, 6.45) is 0.0865. The molecular formula is C11H15BrN2O4S2. The van der Waals surface area contributed by atoms with Gasteiger partial charge in [-0.05, 0) is 27.4 Å². The van der Waals surface area contributed by atoms with Crippen LogP contribution in [0.3, 0.4) is 0 Å². The van der Waals surface area contributed by atoms with Gasteiger partial charge >= 0.3 is 5.97 Å². The SMILES string of the molecule is O=C(O)CCN1CCN(S(=O)(=O)c2sccc2Br)CC1. The first-order valence-corrected chi connectivity index (χ1v) is 9.20. The third-order valence-electron chi connectivity index (χ3n) is 3.13. The second kappa shape index (κ2) is 6.52. The second-order valence-corrected chi connectivity index (χ2v) is 8.35. The molecule has 1 aliphatic heterocycles. The largest absolute Gasteiger partial charge is 0.481 e. The van der Waals surface area contributed by atoms with Crippen molar-refractivity contribution in [1.82, 2.24) is 9.21 Å². The number of carboxylic acids is 1. The topological polar surface area (TPSA) is 77.9 Å². The van der Waals surface area contributed by atoms with Gasteiger partial charge in [0, 0.05) is 37.2 Å². The van der Waals surface area contributed by atoms with Crippen LogP contribution in [0, 0.1) is 0 Å². The van der Waals surface area contributed by atoms with Gasteiger partial charge in [-0.1, -0.05) is 0 Å². The van der Waals surface area contributed by atoms with Gasteiger partial charge < -0.3 is 10.0 Å². The number of thiophene rings is 1. The van der Waals surface area contributed by atoms with Crippen LogP contribution in [0.25, 0.3) is 0 Å². The van der Waals surface area contributed by atoms with Gasteiger partial charge in [-0.15, -0.1) is 11.3 Å². The van der Waals surface area contributed by atoms with Gasteiger partial charge in [0.25, 0.3) is 10.0 Å². The fourth-order valence-corrected chi connectivity index (χ4v) is 5.90. The molecule has 2 rings (SSSR count). The van der Waals surface area contributed by atoms with Crippen molar-refractivity contribution in [2.24, 2.45) is 0 Å². The number of piperazine rings is 1. The van der Waals surface area contributed by atoms with E-state index in [-0.39, 0.29) is 6.42 Å². The first-order chi connectivity index (χ1) is 9.41. The number of halogens is 1. The predicted octanol–water partition coefficient (Wildman–Crippen LogP) is 1.29. The normalized spacial score (nSPS) is 18.2. The van der Waals surface area contributed by atoms with E-state index in [1.54, 1.807) is 11.4 Å². The molecule has 9 heteroatoms. The van der Waals surface area contributed by atoms with Crippen molar-refractivity contribution in [3.63, 3.8) is 0 Å². The molecule has 0 bridgehead atoms. The molecule has 20 heavy (non-hydrogen) atoms. The summed E-state index contributed by atoms with van der Waals surface area (Å²) in [6, 6.07) is 1.72. The van der Waals surface area contributed by atoms with E-state index < -0.39 is 16.0 Å². The molecule has 0 atom stereocenters. The lowest BCUT2D eigenvalue weighted by molar-refractivity contribution is -0.137. The summed E-state index contributed by atoms with van der Waals surface area (Å²) in [4.78, 5) is 12.5. The Morgan fingerprint density at radius 2 is 2.00 bits per heavy atom. The van der Waals surface area contributed by atoms with E-state index in [1.165, 1.54) is 15.6 Å². The van der Waals surface area contributed by atoms with Gasteiger partial charge in [-0.2, -0.15) is 4.31 Å². The van der Waals surface area contributed by atoms with Crippen LogP contribution in [0.1, 0.15) is 6.42 Å². The second-order valence-electron chi connectivity index (χ2n) is 4.45. The van der Waals surface area contributed by atoms with E-state index in [9.17, 15) is 13.2 Å². The molecular weight excluding hydrogens is 368 g/mol. The van der Waals surface area contributed by atoms with Crippen LogP contribution >= 0.6 is 27.3 Å². The summed E-state index contributed by atoms with van der Waals surface area (Å²) in [5.41, 5.74) is 0. The number of hydrogen-bond acceptors (Lipinski definition) is 5. The third-order valence-corrected chi connectivity index (χ3v) is 7.68. The molecule has 0 saturated carbocycles. The predicted molar refractivity (Wildman–Crippen MR) is 79.5 cm³/mol. The van der Waals surface area contributed by atoms with E-state index in [1.807, 2.05) is 4.90 Å². The minimum absolute atomic E-state index is 0.0865. The van der Waals surface area contributed by atoms with Crippen LogP contribution in [0.4, 0.5) is 0 Å². The van der Waals surface area contributed by atoms with Crippen molar-refractivity contribution in [3.8, 4) is 0 Å². The van der Waals surface area contributed by atoms with E-state index >= 15 is 0 Å². The Morgan fingerprint density at radius 1 is 1.35 bits per heavy atom. The molecule has 1 N–H and O–H groups in total. The molecule has 1 aliphatic rings. The van der Waals surface area contributed by atoms with Crippen LogP contribution < -0.4 is 0 Å². The molecule has 112 valence electrons. The number of nitrogens with zero attached hydrogens (tertiary/aromatic N) is 2. The third kappa shape index (κ3) is 3.59. The standard InChI is InChI=1S/C11H15BrN2O4S2/c12-9-2-8-19-11(9)20(17,18)14-6-4-13(5-7-14)3-1-10(15)16/h2,8H,1,3-7H2,(H,15,16). The molecule has 0 unspecified atom stereocenters. The molecule has 1 aromatic rings. The van der Waals surface area contributed by atoms with E-state index in [0.717, 1.165) is 0 Å². The molecule has 0 spiro atoms. The molecule has 1 saturated heterocycles. The van der Waals surface area contributed by atoms with Gasteiger partial charge in [0.05, 0.1) is 6.42 Å². The zero-order chi connectivity index (χ0) is 14.8. The number of carboxylic acid groups (broad SMARTS) is 1. The number of rotatable bonds is 5. The Hall–Kier alpha value is -0.480. The number of carbonyl (C=O) groups is 1. The summed E-state index contributed by atoms with van der Waals surface area (Å²) >= 11 is 4.45. The maximum atomic E-state index is 12.4. The molecule has 0 aliphatic carbocycles. The van der Waals surface area contributed by atoms with E-state index in [0.29, 0.717) is 41.4 Å². The van der Waals surface area contributed by atoms with Gasteiger partial charge in [-0.25, -0.2) is 8.42 Å². The minimum atomic E-state index is -3.44. The van der Waals surface area contributed by atoms with E-state index in [2.05, 4.69) is 15.9 Å². The molecule has 6 nitrogen and oxygen atoms in total. The highest BCUT2D eigenvalue weighted by atomic mass is 79.9. The molecule has 1 fully saturated rings. The highest BCUT2D eigenvalue weighted by molar-refractivity contribution is 9.10. The van der Waals surface area contributed by atoms with Gasteiger partial charge in [0.2, 0.25) is 0 Å². The first kappa shape index (κ1) is 15.9. The van der Waals surface area contributed by atoms with Crippen molar-refractivity contribution in [3.05, 3.63) is 15.9 Å². The molecule has 0 radical (unpaired) electrons. The van der Waals surface area contributed by atoms with Crippen LogP contribution in [-0.2, 0) is 14.8 Å². The molecule has 0 amide bonds. The van der Waals surface area contributed by atoms with Gasteiger partial charge in [-0.3, -0.25) is 4.79 Å². The maximum Gasteiger partial charge on any atom is 0.304 e. The lowest BCUT2D eigenvalue weighted by Crippen LogP contribution is -2.48. The summed E-state index contributed by atoms with van der Waals surface area (Å²) in [5.74, 6) is -0.831. The first-order valence-electron chi connectivity index (χ1n) is 6.08. The zero-order valence-corrected chi connectivity index (χ0v) is 13.9. The van der Waals surface area contributed by atoms with Gasteiger partial charge in [0.1, 0.15) is 4.21 Å². The van der Waals surface area contributed by atoms with Crippen LogP contribution in [-0.4, -0.2) is 61.4 Å². The zero-order valence-electron chi connectivity index (χ0n) is 10.7. The fraction of sp³-hybridized carbons (Fsp3) is 0.545. The van der Waals surface area contributed by atoms with Crippen molar-refractivity contribution >= 4 is 43.3 Å². The Labute approximate surface area is 130 Å². The van der Waals surface area contributed by atoms with Crippen LogP contribution in [0.5, 0.6) is 0 Å². The molecule has 2 heterocycles. The van der Waals surface area contributed by atoms with Crippen LogP contribution in [0.2, 0.25) is 0 Å². The maximum absolute atomic E-state index is 12.4. The summed E-state index contributed by atoms with van der Waals surface area (Å²) in [6.45, 7) is 2.38. The monoisotopic (exact) mass is 382 g/mol. The van der Waals surface area contributed by atoms with Crippen molar-refractivity contribution < 1.29 is 18.3 Å². The number of aliphatic carboxylic acids is 1. The van der Waals surface area contributed by atoms with Crippen molar-refractivity contribution in [2.75, 3.05) is 32.7 Å². The number of sulfonamides is 1. The quantitative estimate of drug-likeness (QED) is 0.829. The number of hydrogen-bond donors (Lipinski definition) is 1. The van der Waals surface area contributed by atoms with Gasteiger partial charge in [0.15, 0.2) is 0 Å². The van der Waals surface area contributed by atoms with Crippen molar-refractivity contribution in [2.45, 2.75) is 10.6 Å². The highest BCUT2D eigenvalue weighted by Crippen LogP contribution is 2.30. The summed E-state index contributed by atoms with van der Waals surface area (Å²) in [7, 11) is -3.44. The summed E-state index contributed by atoms with van der Waals surface area (Å²) < 4.78 is 27.3. The summed E-state index contributed by atoms with van der Waals surface area (Å²) in [5, 5.41) is 10.4. The smallest absolute Gasteiger partial charge is 0.304 e. The lowest BCUT2D eigenvalue weighted by Gasteiger charge is -2.33. The average Bonchev–Trinajstić information content (AvgIpc) is 2.84. The average molecular weight is 383 g/mol. The Morgan fingerprint density at radius 3 is 2.50 bits per heavy atom.